The number of benzene rings is 2. The van der Waals surface area contributed by atoms with Crippen molar-refractivity contribution in [2.24, 2.45) is 10.9 Å². The van der Waals surface area contributed by atoms with Crippen molar-refractivity contribution < 1.29 is 8.78 Å². The number of aliphatic imine (C=N–C) groups is 1. The summed E-state index contributed by atoms with van der Waals surface area (Å²) in [5.74, 6) is -0.479. The molecule has 0 amide bonds. The van der Waals surface area contributed by atoms with Gasteiger partial charge in [0.15, 0.2) is 17.6 Å². The van der Waals surface area contributed by atoms with Crippen LogP contribution >= 0.6 is 0 Å². The normalized spacial score (nSPS) is 16.4. The number of nitrogens with zero attached hydrogens (tertiary/aromatic N) is 4. The molecule has 1 atom stereocenters. The third kappa shape index (κ3) is 5.43. The second kappa shape index (κ2) is 10.3. The van der Waals surface area contributed by atoms with E-state index >= 15 is 0 Å². The third-order valence-electron chi connectivity index (χ3n) is 5.79. The van der Waals surface area contributed by atoms with Crippen molar-refractivity contribution in [3.05, 3.63) is 83.7 Å². The summed E-state index contributed by atoms with van der Waals surface area (Å²) in [6.07, 6.45) is 4.72. The lowest BCUT2D eigenvalue weighted by molar-refractivity contribution is 0.508. The second-order valence-corrected chi connectivity index (χ2v) is 7.98. The lowest BCUT2D eigenvalue weighted by Crippen LogP contribution is -2.40. The lowest BCUT2D eigenvalue weighted by atomic mass is 10.1. The van der Waals surface area contributed by atoms with Crippen LogP contribution in [-0.2, 0) is 13.1 Å². The lowest BCUT2D eigenvalue weighted by Gasteiger charge is -2.20. The van der Waals surface area contributed by atoms with Crippen molar-refractivity contribution in [2.45, 2.75) is 19.5 Å². The largest absolute Gasteiger partial charge is 0.371 e. The summed E-state index contributed by atoms with van der Waals surface area (Å²) in [6.45, 7) is 3.75. The van der Waals surface area contributed by atoms with E-state index in [4.69, 9.17) is 0 Å². The molecule has 1 unspecified atom stereocenters. The maximum atomic E-state index is 13.5. The van der Waals surface area contributed by atoms with Crippen LogP contribution < -0.4 is 15.5 Å². The van der Waals surface area contributed by atoms with Gasteiger partial charge in [0.1, 0.15) is 0 Å². The van der Waals surface area contributed by atoms with Gasteiger partial charge in [-0.1, -0.05) is 24.3 Å². The van der Waals surface area contributed by atoms with Crippen LogP contribution in [0.3, 0.4) is 0 Å². The minimum atomic E-state index is -0.813. The maximum absolute atomic E-state index is 13.5. The monoisotopic (exact) mass is 438 g/mol. The number of rotatable bonds is 7. The highest BCUT2D eigenvalue weighted by Crippen LogP contribution is 2.25. The maximum Gasteiger partial charge on any atom is 0.191 e. The zero-order valence-corrected chi connectivity index (χ0v) is 18.1. The van der Waals surface area contributed by atoms with Gasteiger partial charge in [0.25, 0.3) is 0 Å². The second-order valence-electron chi connectivity index (χ2n) is 7.98. The quantitative estimate of drug-likeness (QED) is 0.439. The molecule has 1 aromatic heterocycles. The molecule has 168 valence electrons. The van der Waals surface area contributed by atoms with Gasteiger partial charge in [0.05, 0.1) is 6.54 Å². The number of aromatic nitrogens is 2. The molecule has 1 aliphatic rings. The molecule has 2 aromatic carbocycles. The average Bonchev–Trinajstić information content (AvgIpc) is 3.49. The Labute approximate surface area is 187 Å². The zero-order valence-electron chi connectivity index (χ0n) is 18.1. The first-order valence-corrected chi connectivity index (χ1v) is 10.8. The zero-order chi connectivity index (χ0) is 22.3. The Balaban J connectivity index is 1.27. The molecule has 1 fully saturated rings. The van der Waals surface area contributed by atoms with Crippen LogP contribution in [0.4, 0.5) is 14.5 Å². The van der Waals surface area contributed by atoms with Crippen LogP contribution in [-0.4, -0.2) is 42.4 Å². The first-order chi connectivity index (χ1) is 15.6. The van der Waals surface area contributed by atoms with Crippen molar-refractivity contribution in [1.82, 2.24) is 20.4 Å². The van der Waals surface area contributed by atoms with Crippen LogP contribution in [0.2, 0.25) is 0 Å². The van der Waals surface area contributed by atoms with Gasteiger partial charge < -0.3 is 15.5 Å². The first kappa shape index (κ1) is 21.8. The van der Waals surface area contributed by atoms with Crippen molar-refractivity contribution in [3.63, 3.8) is 0 Å². The van der Waals surface area contributed by atoms with E-state index in [-0.39, 0.29) is 0 Å². The van der Waals surface area contributed by atoms with Crippen molar-refractivity contribution in [1.29, 1.82) is 0 Å². The fourth-order valence-corrected chi connectivity index (χ4v) is 4.01. The van der Waals surface area contributed by atoms with Crippen molar-refractivity contribution in [3.8, 4) is 0 Å². The summed E-state index contributed by atoms with van der Waals surface area (Å²) in [5, 5.41) is 11.1. The van der Waals surface area contributed by atoms with Gasteiger partial charge in [-0.05, 0) is 41.7 Å². The van der Waals surface area contributed by atoms with Crippen LogP contribution in [0.25, 0.3) is 0 Å². The van der Waals surface area contributed by atoms with E-state index in [1.54, 1.807) is 19.3 Å². The molecular formula is C24H28F2N6. The van der Waals surface area contributed by atoms with E-state index in [2.05, 4.69) is 37.8 Å². The highest BCUT2D eigenvalue weighted by molar-refractivity contribution is 5.79. The molecule has 0 radical (unpaired) electrons. The fraction of sp³-hybridized carbons (Fsp3) is 0.333. The average molecular weight is 439 g/mol. The summed E-state index contributed by atoms with van der Waals surface area (Å²) >= 11 is 0. The van der Waals surface area contributed by atoms with Crippen LogP contribution in [0.5, 0.6) is 0 Å². The van der Waals surface area contributed by atoms with E-state index < -0.39 is 11.6 Å². The third-order valence-corrected chi connectivity index (χ3v) is 5.79. The Bertz CT molecular complexity index is 1050. The minimum Gasteiger partial charge on any atom is -0.371 e. The van der Waals surface area contributed by atoms with E-state index in [0.717, 1.165) is 44.2 Å². The van der Waals surface area contributed by atoms with Gasteiger partial charge in [0, 0.05) is 57.4 Å². The Hall–Kier alpha value is -3.42. The SMILES string of the molecule is CN=C(NCc1ccccc1Cn1cccn1)NCC1CCN(c2ccc(F)c(F)c2)C1. The topological polar surface area (TPSA) is 57.5 Å². The number of nitrogens with one attached hydrogen (secondary N) is 2. The molecule has 3 aromatic rings. The number of guanidine groups is 1. The van der Waals surface area contributed by atoms with E-state index in [9.17, 15) is 8.78 Å². The smallest absolute Gasteiger partial charge is 0.191 e. The molecule has 0 aliphatic carbocycles. The predicted molar refractivity (Wildman–Crippen MR) is 123 cm³/mol. The Morgan fingerprint density at radius 2 is 1.94 bits per heavy atom. The van der Waals surface area contributed by atoms with Crippen LogP contribution in [0.15, 0.2) is 65.9 Å². The van der Waals surface area contributed by atoms with Crippen LogP contribution in [0, 0.1) is 17.6 Å². The summed E-state index contributed by atoms with van der Waals surface area (Å²) < 4.78 is 28.7. The molecular weight excluding hydrogens is 410 g/mol. The Morgan fingerprint density at radius 3 is 2.69 bits per heavy atom. The van der Waals surface area contributed by atoms with Crippen LogP contribution in [0.1, 0.15) is 17.5 Å². The molecule has 2 N–H and O–H groups in total. The predicted octanol–water partition coefficient (Wildman–Crippen LogP) is 3.40. The number of hydrogen-bond acceptors (Lipinski definition) is 3. The standard InChI is InChI=1S/C24H28F2N6/c1-27-24(29-15-19-5-2-3-6-20(19)17-32-11-4-10-30-32)28-14-18-9-12-31(16-18)21-7-8-22(25)23(26)13-21/h2-8,10-11,13,18H,9,12,14-17H2,1H3,(H2,27,28,29). The molecule has 0 bridgehead atoms. The highest BCUT2D eigenvalue weighted by Gasteiger charge is 2.23. The summed E-state index contributed by atoms with van der Waals surface area (Å²) in [6, 6.07) is 14.3. The van der Waals surface area contributed by atoms with Crippen molar-refractivity contribution in [2.75, 3.05) is 31.6 Å². The van der Waals surface area contributed by atoms with Gasteiger partial charge >= 0.3 is 0 Å². The molecule has 8 heteroatoms. The number of halogens is 2. The molecule has 4 rings (SSSR count). The van der Waals surface area contributed by atoms with E-state index in [1.807, 2.05) is 29.1 Å². The summed E-state index contributed by atoms with van der Waals surface area (Å²) in [7, 11) is 1.76. The van der Waals surface area contributed by atoms with E-state index in [0.29, 0.717) is 12.5 Å². The first-order valence-electron chi connectivity index (χ1n) is 10.8. The molecule has 2 heterocycles. The summed E-state index contributed by atoms with van der Waals surface area (Å²) in [4.78, 5) is 6.43. The van der Waals surface area contributed by atoms with Gasteiger partial charge in [-0.2, -0.15) is 5.10 Å². The highest BCUT2D eigenvalue weighted by atomic mass is 19.2. The minimum absolute atomic E-state index is 0.397. The molecule has 32 heavy (non-hydrogen) atoms. The molecule has 1 saturated heterocycles. The van der Waals surface area contributed by atoms with Gasteiger partial charge in [-0.25, -0.2) is 8.78 Å². The Kier molecular flexibility index (Phi) is 6.99. The van der Waals surface area contributed by atoms with Gasteiger partial charge in [0.2, 0.25) is 0 Å². The summed E-state index contributed by atoms with van der Waals surface area (Å²) in [5.41, 5.74) is 3.12. The van der Waals surface area contributed by atoms with Gasteiger partial charge in [-0.15, -0.1) is 0 Å². The number of hydrogen-bond donors (Lipinski definition) is 2. The number of anilines is 1. The van der Waals surface area contributed by atoms with E-state index in [1.165, 1.54) is 23.3 Å². The Morgan fingerprint density at radius 1 is 1.09 bits per heavy atom. The molecule has 0 spiro atoms. The molecule has 0 saturated carbocycles. The molecule has 6 nitrogen and oxygen atoms in total. The van der Waals surface area contributed by atoms with Crippen molar-refractivity contribution >= 4 is 11.6 Å². The van der Waals surface area contributed by atoms with Gasteiger partial charge in [-0.3, -0.25) is 9.67 Å². The fourth-order valence-electron chi connectivity index (χ4n) is 4.01. The molecule has 1 aliphatic heterocycles.